The molecule has 1 amide bonds. The third kappa shape index (κ3) is 5.36. The molecule has 144 valence electrons. The molecule has 0 unspecified atom stereocenters. The monoisotopic (exact) mass is 439 g/mol. The molecule has 0 saturated heterocycles. The molecule has 0 bridgehead atoms. The lowest BCUT2D eigenvalue weighted by Gasteiger charge is -2.12. The first-order valence-corrected chi connectivity index (χ1v) is 9.81. The van der Waals surface area contributed by atoms with Crippen LogP contribution in [-0.2, 0) is 0 Å². The summed E-state index contributed by atoms with van der Waals surface area (Å²) in [7, 11) is 0. The Labute approximate surface area is 173 Å². The number of hydrogen-bond acceptors (Lipinski definition) is 3. The van der Waals surface area contributed by atoms with Crippen molar-refractivity contribution in [2.24, 2.45) is 0 Å². The van der Waals surface area contributed by atoms with Gasteiger partial charge in [0.2, 0.25) is 0 Å². The van der Waals surface area contributed by atoms with E-state index in [0.29, 0.717) is 24.5 Å². The Balaban J connectivity index is 1.57. The van der Waals surface area contributed by atoms with Crippen molar-refractivity contribution in [2.45, 2.75) is 13.8 Å². The third-order valence-corrected chi connectivity index (χ3v) is 4.81. The highest BCUT2D eigenvalue weighted by atomic mass is 79.9. The van der Waals surface area contributed by atoms with E-state index in [0.717, 1.165) is 27.0 Å². The lowest BCUT2D eigenvalue weighted by Crippen LogP contribution is -2.13. The maximum absolute atomic E-state index is 12.6. The zero-order valence-electron chi connectivity index (χ0n) is 15.9. The Bertz CT molecular complexity index is 957. The van der Waals surface area contributed by atoms with Gasteiger partial charge in [-0.15, -0.1) is 0 Å². The van der Waals surface area contributed by atoms with Gasteiger partial charge < -0.3 is 14.8 Å². The van der Waals surface area contributed by atoms with Gasteiger partial charge in [0.25, 0.3) is 5.91 Å². The molecule has 28 heavy (non-hydrogen) atoms. The number of hydrogen-bond donors (Lipinski definition) is 1. The second-order valence-electron chi connectivity index (χ2n) is 6.43. The molecule has 0 aliphatic heterocycles. The minimum Gasteiger partial charge on any atom is -0.490 e. The van der Waals surface area contributed by atoms with Crippen molar-refractivity contribution >= 4 is 27.5 Å². The second kappa shape index (κ2) is 9.42. The fourth-order valence-electron chi connectivity index (χ4n) is 2.65. The van der Waals surface area contributed by atoms with Crippen LogP contribution in [0.25, 0.3) is 0 Å². The Kier molecular flexibility index (Phi) is 6.71. The van der Waals surface area contributed by atoms with E-state index in [1.54, 1.807) is 18.2 Å². The number of halogens is 1. The smallest absolute Gasteiger partial charge is 0.255 e. The van der Waals surface area contributed by atoms with Crippen LogP contribution in [0.5, 0.6) is 11.5 Å². The molecule has 0 aliphatic rings. The largest absolute Gasteiger partial charge is 0.490 e. The number of amides is 1. The van der Waals surface area contributed by atoms with Crippen molar-refractivity contribution in [3.8, 4) is 11.5 Å². The second-order valence-corrected chi connectivity index (χ2v) is 7.28. The predicted octanol–water partition coefficient (Wildman–Crippen LogP) is 5.78. The van der Waals surface area contributed by atoms with E-state index in [4.69, 9.17) is 9.47 Å². The molecule has 4 nitrogen and oxygen atoms in total. The standard InChI is InChI=1S/C23H22BrNO3/c1-16-8-9-17(2)21(14-16)25-23(26)18-10-11-22(20(24)15-18)28-13-12-27-19-6-4-3-5-7-19/h3-11,14-15H,12-13H2,1-2H3,(H,25,26). The van der Waals surface area contributed by atoms with Gasteiger partial charge in [0.15, 0.2) is 0 Å². The SMILES string of the molecule is Cc1ccc(C)c(NC(=O)c2ccc(OCCOc3ccccc3)c(Br)c2)c1. The van der Waals surface area contributed by atoms with E-state index < -0.39 is 0 Å². The van der Waals surface area contributed by atoms with Crippen LogP contribution in [0.15, 0.2) is 71.2 Å². The van der Waals surface area contributed by atoms with Crippen molar-refractivity contribution in [3.05, 3.63) is 87.9 Å². The number of ether oxygens (including phenoxy) is 2. The number of rotatable bonds is 7. The highest BCUT2D eigenvalue weighted by molar-refractivity contribution is 9.10. The van der Waals surface area contributed by atoms with Crippen molar-refractivity contribution in [3.63, 3.8) is 0 Å². The lowest BCUT2D eigenvalue weighted by atomic mass is 10.1. The summed E-state index contributed by atoms with van der Waals surface area (Å²) in [4.78, 5) is 12.6. The van der Waals surface area contributed by atoms with Crippen LogP contribution in [0, 0.1) is 13.8 Å². The Morgan fingerprint density at radius 2 is 1.68 bits per heavy atom. The van der Waals surface area contributed by atoms with Crippen molar-refractivity contribution < 1.29 is 14.3 Å². The summed E-state index contributed by atoms with van der Waals surface area (Å²) in [6.07, 6.45) is 0. The molecular weight excluding hydrogens is 418 g/mol. The van der Waals surface area contributed by atoms with Crippen molar-refractivity contribution in [1.82, 2.24) is 0 Å². The fraction of sp³-hybridized carbons (Fsp3) is 0.174. The van der Waals surface area contributed by atoms with Gasteiger partial charge in [-0.1, -0.05) is 30.3 Å². The molecule has 0 heterocycles. The number of benzene rings is 3. The van der Waals surface area contributed by atoms with Gasteiger partial charge in [0.05, 0.1) is 4.47 Å². The van der Waals surface area contributed by atoms with E-state index in [1.807, 2.05) is 62.4 Å². The molecule has 3 rings (SSSR count). The van der Waals surface area contributed by atoms with Gasteiger partial charge in [-0.2, -0.15) is 0 Å². The van der Waals surface area contributed by atoms with E-state index in [-0.39, 0.29) is 5.91 Å². The number of carbonyl (C=O) groups excluding carboxylic acids is 1. The van der Waals surface area contributed by atoms with Crippen LogP contribution in [0.4, 0.5) is 5.69 Å². The van der Waals surface area contributed by atoms with E-state index in [1.165, 1.54) is 0 Å². The molecule has 0 radical (unpaired) electrons. The minimum absolute atomic E-state index is 0.159. The first kappa shape index (κ1) is 20.0. The van der Waals surface area contributed by atoms with E-state index >= 15 is 0 Å². The molecule has 0 fully saturated rings. The van der Waals surface area contributed by atoms with Crippen LogP contribution in [-0.4, -0.2) is 19.1 Å². The predicted molar refractivity (Wildman–Crippen MR) is 115 cm³/mol. The zero-order valence-corrected chi connectivity index (χ0v) is 17.5. The molecule has 1 N–H and O–H groups in total. The Morgan fingerprint density at radius 1 is 0.929 bits per heavy atom. The van der Waals surface area contributed by atoms with Crippen LogP contribution in [0.3, 0.4) is 0 Å². The summed E-state index contributed by atoms with van der Waals surface area (Å²) in [5.41, 5.74) is 3.50. The van der Waals surface area contributed by atoms with E-state index in [9.17, 15) is 4.79 Å². The number of anilines is 1. The summed E-state index contributed by atoms with van der Waals surface area (Å²) >= 11 is 3.48. The fourth-order valence-corrected chi connectivity index (χ4v) is 3.15. The van der Waals surface area contributed by atoms with Gasteiger partial charge in [0.1, 0.15) is 24.7 Å². The maximum Gasteiger partial charge on any atom is 0.255 e. The first-order chi connectivity index (χ1) is 13.5. The molecule has 0 aromatic heterocycles. The Hall–Kier alpha value is -2.79. The topological polar surface area (TPSA) is 47.6 Å². The molecular formula is C23H22BrNO3. The number of carbonyl (C=O) groups is 1. The normalized spacial score (nSPS) is 10.4. The molecule has 0 spiro atoms. The molecule has 0 saturated carbocycles. The van der Waals surface area contributed by atoms with Gasteiger partial charge in [-0.3, -0.25) is 4.79 Å². The number of para-hydroxylation sites is 1. The summed E-state index contributed by atoms with van der Waals surface area (Å²) in [6, 6.07) is 20.9. The van der Waals surface area contributed by atoms with Gasteiger partial charge in [0, 0.05) is 11.3 Å². The minimum atomic E-state index is -0.159. The highest BCUT2D eigenvalue weighted by Gasteiger charge is 2.11. The molecule has 0 aliphatic carbocycles. The zero-order chi connectivity index (χ0) is 19.9. The molecule has 3 aromatic carbocycles. The average molecular weight is 440 g/mol. The summed E-state index contributed by atoms with van der Waals surface area (Å²) in [5.74, 6) is 1.32. The van der Waals surface area contributed by atoms with Crippen molar-refractivity contribution in [1.29, 1.82) is 0 Å². The van der Waals surface area contributed by atoms with Crippen molar-refractivity contribution in [2.75, 3.05) is 18.5 Å². The third-order valence-electron chi connectivity index (χ3n) is 4.19. The number of nitrogens with one attached hydrogen (secondary N) is 1. The van der Waals surface area contributed by atoms with E-state index in [2.05, 4.69) is 21.2 Å². The first-order valence-electron chi connectivity index (χ1n) is 9.02. The molecule has 3 aromatic rings. The maximum atomic E-state index is 12.6. The summed E-state index contributed by atoms with van der Waals surface area (Å²) in [6.45, 7) is 4.81. The quantitative estimate of drug-likeness (QED) is 0.474. The van der Waals surface area contributed by atoms with Crippen LogP contribution < -0.4 is 14.8 Å². The van der Waals surface area contributed by atoms with Gasteiger partial charge in [-0.25, -0.2) is 0 Å². The van der Waals surface area contributed by atoms with Crippen LogP contribution in [0.1, 0.15) is 21.5 Å². The van der Waals surface area contributed by atoms with Gasteiger partial charge >= 0.3 is 0 Å². The molecule has 0 atom stereocenters. The highest BCUT2D eigenvalue weighted by Crippen LogP contribution is 2.27. The Morgan fingerprint density at radius 3 is 2.43 bits per heavy atom. The summed E-state index contributed by atoms with van der Waals surface area (Å²) in [5, 5.41) is 2.96. The molecule has 5 heteroatoms. The van der Waals surface area contributed by atoms with Crippen LogP contribution >= 0.6 is 15.9 Å². The lowest BCUT2D eigenvalue weighted by molar-refractivity contribution is 0.102. The number of aryl methyl sites for hydroxylation is 2. The van der Waals surface area contributed by atoms with Gasteiger partial charge in [-0.05, 0) is 77.3 Å². The average Bonchev–Trinajstić information content (AvgIpc) is 2.69. The van der Waals surface area contributed by atoms with Crippen LogP contribution in [0.2, 0.25) is 0 Å². The summed E-state index contributed by atoms with van der Waals surface area (Å²) < 4.78 is 12.1.